The lowest BCUT2D eigenvalue weighted by Gasteiger charge is -2.03. The minimum absolute atomic E-state index is 0.0350. The van der Waals surface area contributed by atoms with Crippen LogP contribution in [0.1, 0.15) is 16.7 Å². The lowest BCUT2D eigenvalue weighted by molar-refractivity contribution is 0.275. The molecular weight excluding hydrogens is 140 g/mol. The summed E-state index contributed by atoms with van der Waals surface area (Å²) < 4.78 is 0. The Kier molecular flexibility index (Phi) is 2.63. The fourth-order valence-corrected chi connectivity index (χ4v) is 0.994. The molecule has 0 bridgehead atoms. The van der Waals surface area contributed by atoms with Gasteiger partial charge >= 0.3 is 0 Å². The van der Waals surface area contributed by atoms with Crippen molar-refractivity contribution in [3.05, 3.63) is 34.9 Å². The molecule has 0 aromatic heterocycles. The first-order valence-electron chi connectivity index (χ1n) is 3.58. The molecule has 0 heterocycles. The molecule has 0 saturated carbocycles. The van der Waals surface area contributed by atoms with Crippen LogP contribution in [0.15, 0.2) is 18.2 Å². The highest BCUT2D eigenvalue weighted by atomic mass is 16.3. The number of aryl methyl sites for hydroxylation is 1. The fraction of sp³-hybridized carbons (Fsp3) is 0.333. The molecule has 0 radical (unpaired) electrons. The molecular formula is C9H12O2. The molecule has 2 heteroatoms. The number of rotatable bonds is 2. The second kappa shape index (κ2) is 3.51. The van der Waals surface area contributed by atoms with Gasteiger partial charge in [0.1, 0.15) is 0 Å². The van der Waals surface area contributed by atoms with Crippen molar-refractivity contribution in [3.8, 4) is 0 Å². The van der Waals surface area contributed by atoms with Crippen molar-refractivity contribution in [1.82, 2.24) is 0 Å². The molecule has 0 fully saturated rings. The molecule has 0 amide bonds. The molecule has 2 nitrogen and oxygen atoms in total. The zero-order chi connectivity index (χ0) is 8.27. The quantitative estimate of drug-likeness (QED) is 0.663. The molecule has 0 unspecified atom stereocenters. The number of aliphatic hydroxyl groups excluding tert-OH is 2. The normalized spacial score (nSPS) is 10.1. The molecule has 0 aliphatic carbocycles. The monoisotopic (exact) mass is 152 g/mol. The van der Waals surface area contributed by atoms with Crippen molar-refractivity contribution in [3.63, 3.8) is 0 Å². The summed E-state index contributed by atoms with van der Waals surface area (Å²) in [7, 11) is 0. The van der Waals surface area contributed by atoms with E-state index in [-0.39, 0.29) is 13.2 Å². The molecule has 0 saturated heterocycles. The van der Waals surface area contributed by atoms with Crippen LogP contribution in [0.25, 0.3) is 0 Å². The Morgan fingerprint density at radius 2 is 1.91 bits per heavy atom. The molecule has 0 aliphatic heterocycles. The molecule has 0 atom stereocenters. The van der Waals surface area contributed by atoms with Crippen molar-refractivity contribution < 1.29 is 10.2 Å². The standard InChI is InChI=1S/C9H12O2/c1-7-2-3-8(5-10)4-9(7)6-11/h2-4,10-11H,5-6H2,1H3. The third-order valence-corrected chi connectivity index (χ3v) is 1.77. The first-order chi connectivity index (χ1) is 5.27. The Bertz CT molecular complexity index is 243. The van der Waals surface area contributed by atoms with Gasteiger partial charge in [-0.3, -0.25) is 0 Å². The van der Waals surface area contributed by atoms with Crippen LogP contribution in [0.4, 0.5) is 0 Å². The number of hydrogen-bond donors (Lipinski definition) is 2. The topological polar surface area (TPSA) is 40.5 Å². The summed E-state index contributed by atoms with van der Waals surface area (Å²) >= 11 is 0. The van der Waals surface area contributed by atoms with Gasteiger partial charge in [0.05, 0.1) is 13.2 Å². The average molecular weight is 152 g/mol. The summed E-state index contributed by atoms with van der Waals surface area (Å²) in [4.78, 5) is 0. The van der Waals surface area contributed by atoms with E-state index in [1.165, 1.54) is 0 Å². The Labute approximate surface area is 66.1 Å². The Morgan fingerprint density at radius 1 is 1.18 bits per heavy atom. The van der Waals surface area contributed by atoms with Crippen LogP contribution in [0.5, 0.6) is 0 Å². The Morgan fingerprint density at radius 3 is 2.45 bits per heavy atom. The summed E-state index contributed by atoms with van der Waals surface area (Å²) in [5, 5.41) is 17.6. The zero-order valence-corrected chi connectivity index (χ0v) is 6.54. The van der Waals surface area contributed by atoms with Crippen molar-refractivity contribution in [1.29, 1.82) is 0 Å². The number of hydrogen-bond acceptors (Lipinski definition) is 2. The van der Waals surface area contributed by atoms with Crippen LogP contribution >= 0.6 is 0 Å². The first-order valence-corrected chi connectivity index (χ1v) is 3.58. The van der Waals surface area contributed by atoms with E-state index in [4.69, 9.17) is 10.2 Å². The highest BCUT2D eigenvalue weighted by Crippen LogP contribution is 2.10. The summed E-state index contributed by atoms with van der Waals surface area (Å²) in [6.45, 7) is 2.01. The zero-order valence-electron chi connectivity index (χ0n) is 6.54. The van der Waals surface area contributed by atoms with E-state index >= 15 is 0 Å². The maximum Gasteiger partial charge on any atom is 0.0684 e. The van der Waals surface area contributed by atoms with Gasteiger partial charge in [-0.25, -0.2) is 0 Å². The van der Waals surface area contributed by atoms with Crippen LogP contribution in [0, 0.1) is 6.92 Å². The minimum Gasteiger partial charge on any atom is -0.392 e. The lowest BCUT2D eigenvalue weighted by Crippen LogP contribution is -1.91. The maximum atomic E-state index is 8.86. The van der Waals surface area contributed by atoms with Gasteiger partial charge in [0.25, 0.3) is 0 Å². The highest BCUT2D eigenvalue weighted by Gasteiger charge is 1.97. The highest BCUT2D eigenvalue weighted by molar-refractivity contribution is 5.30. The van der Waals surface area contributed by atoms with E-state index < -0.39 is 0 Å². The average Bonchev–Trinajstić information content (AvgIpc) is 2.05. The lowest BCUT2D eigenvalue weighted by atomic mass is 10.1. The summed E-state index contributed by atoms with van der Waals surface area (Å²) in [5.41, 5.74) is 2.79. The minimum atomic E-state index is 0.0350. The van der Waals surface area contributed by atoms with E-state index in [9.17, 15) is 0 Å². The molecule has 0 aliphatic rings. The van der Waals surface area contributed by atoms with Crippen molar-refractivity contribution in [2.75, 3.05) is 0 Å². The molecule has 0 spiro atoms. The van der Waals surface area contributed by atoms with Crippen LogP contribution in [-0.2, 0) is 13.2 Å². The van der Waals surface area contributed by atoms with Crippen molar-refractivity contribution in [2.24, 2.45) is 0 Å². The third kappa shape index (κ3) is 1.79. The maximum absolute atomic E-state index is 8.86. The van der Waals surface area contributed by atoms with E-state index in [1.807, 2.05) is 25.1 Å². The summed E-state index contributed by atoms with van der Waals surface area (Å²) in [6, 6.07) is 5.57. The molecule has 11 heavy (non-hydrogen) atoms. The fourth-order valence-electron chi connectivity index (χ4n) is 0.994. The van der Waals surface area contributed by atoms with Gasteiger partial charge in [-0.15, -0.1) is 0 Å². The van der Waals surface area contributed by atoms with Gasteiger partial charge in [0.2, 0.25) is 0 Å². The third-order valence-electron chi connectivity index (χ3n) is 1.77. The summed E-state index contributed by atoms with van der Waals surface area (Å²) in [5.74, 6) is 0. The SMILES string of the molecule is Cc1ccc(CO)cc1CO. The van der Waals surface area contributed by atoms with Gasteiger partial charge in [-0.1, -0.05) is 18.2 Å². The number of aliphatic hydroxyl groups is 2. The van der Waals surface area contributed by atoms with Crippen LogP contribution in [0.2, 0.25) is 0 Å². The van der Waals surface area contributed by atoms with Crippen LogP contribution < -0.4 is 0 Å². The molecule has 1 rings (SSSR count). The number of benzene rings is 1. The van der Waals surface area contributed by atoms with E-state index in [0.717, 1.165) is 16.7 Å². The smallest absolute Gasteiger partial charge is 0.0684 e. The van der Waals surface area contributed by atoms with Crippen molar-refractivity contribution in [2.45, 2.75) is 20.1 Å². The van der Waals surface area contributed by atoms with Gasteiger partial charge in [0.15, 0.2) is 0 Å². The van der Waals surface area contributed by atoms with Gasteiger partial charge in [-0.05, 0) is 23.6 Å². The van der Waals surface area contributed by atoms with E-state index in [2.05, 4.69) is 0 Å². The predicted octanol–water partition coefficient (Wildman–Crippen LogP) is 0.980. The molecule has 1 aromatic rings. The molecule has 60 valence electrons. The first kappa shape index (κ1) is 8.24. The van der Waals surface area contributed by atoms with Crippen LogP contribution in [-0.4, -0.2) is 10.2 Å². The Balaban J connectivity index is 3.02. The second-order valence-corrected chi connectivity index (χ2v) is 2.58. The van der Waals surface area contributed by atoms with Crippen molar-refractivity contribution >= 4 is 0 Å². The van der Waals surface area contributed by atoms with Crippen LogP contribution in [0.3, 0.4) is 0 Å². The summed E-state index contributed by atoms with van der Waals surface area (Å²) in [6.07, 6.45) is 0. The van der Waals surface area contributed by atoms with Gasteiger partial charge in [0, 0.05) is 0 Å². The largest absolute Gasteiger partial charge is 0.392 e. The Hall–Kier alpha value is -0.860. The van der Waals surface area contributed by atoms with E-state index in [1.54, 1.807) is 0 Å². The second-order valence-electron chi connectivity index (χ2n) is 2.58. The van der Waals surface area contributed by atoms with E-state index in [0.29, 0.717) is 0 Å². The van der Waals surface area contributed by atoms with Gasteiger partial charge in [-0.2, -0.15) is 0 Å². The predicted molar refractivity (Wildman–Crippen MR) is 43.0 cm³/mol. The molecule has 2 N–H and O–H groups in total. The van der Waals surface area contributed by atoms with Gasteiger partial charge < -0.3 is 10.2 Å². The molecule has 1 aromatic carbocycles.